The number of aryl methyl sites for hydroxylation is 1. The third kappa shape index (κ3) is 5.79. The van der Waals surface area contributed by atoms with E-state index in [2.05, 4.69) is 20.9 Å². The van der Waals surface area contributed by atoms with Crippen LogP contribution >= 0.6 is 0 Å². The maximum absolute atomic E-state index is 12.2. The Labute approximate surface area is 170 Å². The number of hydrogen-bond acceptors (Lipinski definition) is 5. The van der Waals surface area contributed by atoms with E-state index in [0.717, 1.165) is 17.4 Å². The summed E-state index contributed by atoms with van der Waals surface area (Å²) < 4.78 is 23.8. The summed E-state index contributed by atoms with van der Waals surface area (Å²) in [5.74, 6) is 0.297. The second-order valence-electron chi connectivity index (χ2n) is 6.62. The minimum Gasteiger partial charge on any atom is -0.365 e. The van der Waals surface area contributed by atoms with E-state index in [1.54, 1.807) is 12.1 Å². The molecule has 0 atom stereocenters. The molecule has 0 saturated carbocycles. The van der Waals surface area contributed by atoms with Crippen molar-refractivity contribution in [3.05, 3.63) is 78.0 Å². The summed E-state index contributed by atoms with van der Waals surface area (Å²) in [7, 11) is -3.39. The molecule has 1 aromatic heterocycles. The van der Waals surface area contributed by atoms with Gasteiger partial charge >= 0.3 is 6.03 Å². The van der Waals surface area contributed by atoms with Crippen molar-refractivity contribution in [2.75, 3.05) is 22.2 Å². The highest BCUT2D eigenvalue weighted by molar-refractivity contribution is 7.90. The Balaban J connectivity index is 1.65. The van der Waals surface area contributed by atoms with Gasteiger partial charge in [0.15, 0.2) is 9.84 Å². The van der Waals surface area contributed by atoms with Crippen molar-refractivity contribution in [2.45, 2.75) is 18.4 Å². The lowest BCUT2D eigenvalue weighted by atomic mass is 10.2. The normalized spacial score (nSPS) is 11.0. The van der Waals surface area contributed by atoms with Crippen LogP contribution in [0.5, 0.6) is 0 Å². The van der Waals surface area contributed by atoms with Crippen LogP contribution in [0.2, 0.25) is 0 Å². The predicted molar refractivity (Wildman–Crippen MR) is 115 cm³/mol. The van der Waals surface area contributed by atoms with Crippen LogP contribution in [-0.2, 0) is 16.4 Å². The van der Waals surface area contributed by atoms with Crippen LogP contribution in [0.3, 0.4) is 0 Å². The lowest BCUT2D eigenvalue weighted by Gasteiger charge is -2.12. The van der Waals surface area contributed by atoms with Crippen molar-refractivity contribution in [1.82, 2.24) is 4.98 Å². The Morgan fingerprint density at radius 2 is 1.66 bits per heavy atom. The Kier molecular flexibility index (Phi) is 6.13. The number of hydrogen-bond donors (Lipinski definition) is 3. The number of carbonyl (C=O) groups is 1. The fourth-order valence-corrected chi connectivity index (χ4v) is 3.59. The minimum absolute atomic E-state index is 0.145. The Morgan fingerprint density at radius 3 is 2.34 bits per heavy atom. The van der Waals surface area contributed by atoms with Crippen LogP contribution in [0.1, 0.15) is 11.1 Å². The Hall–Kier alpha value is -3.39. The third-order valence-corrected chi connectivity index (χ3v) is 5.22. The van der Waals surface area contributed by atoms with Gasteiger partial charge in [0.25, 0.3) is 0 Å². The lowest BCUT2D eigenvalue weighted by molar-refractivity contribution is 0.262. The number of urea groups is 1. The van der Waals surface area contributed by atoms with Crippen molar-refractivity contribution in [2.24, 2.45) is 0 Å². The first-order chi connectivity index (χ1) is 13.8. The van der Waals surface area contributed by atoms with Gasteiger partial charge in [0.05, 0.1) is 0 Å². The Morgan fingerprint density at radius 1 is 0.966 bits per heavy atom. The van der Waals surface area contributed by atoms with Gasteiger partial charge in [0.2, 0.25) is 0 Å². The molecule has 0 spiro atoms. The Bertz CT molecular complexity index is 1130. The molecular weight excluding hydrogens is 388 g/mol. The number of nitrogens with zero attached hydrogens (tertiary/aromatic N) is 1. The predicted octanol–water partition coefficient (Wildman–Crippen LogP) is 4.05. The van der Waals surface area contributed by atoms with E-state index >= 15 is 0 Å². The first-order valence-electron chi connectivity index (χ1n) is 8.94. The summed E-state index contributed by atoms with van der Waals surface area (Å²) >= 11 is 0. The van der Waals surface area contributed by atoms with Crippen LogP contribution in [0, 0.1) is 6.92 Å². The van der Waals surface area contributed by atoms with E-state index in [4.69, 9.17) is 0 Å². The highest BCUT2D eigenvalue weighted by atomic mass is 32.2. The highest BCUT2D eigenvalue weighted by Gasteiger charge is 2.13. The zero-order valence-electron chi connectivity index (χ0n) is 16.1. The van der Waals surface area contributed by atoms with E-state index < -0.39 is 9.84 Å². The summed E-state index contributed by atoms with van der Waals surface area (Å²) in [6.45, 7) is 2.31. The van der Waals surface area contributed by atoms with Crippen LogP contribution < -0.4 is 16.0 Å². The molecule has 3 N–H and O–H groups in total. The highest BCUT2D eigenvalue weighted by Crippen LogP contribution is 2.19. The summed E-state index contributed by atoms with van der Waals surface area (Å²) in [6, 6.07) is 17.6. The molecule has 8 heteroatoms. The summed E-state index contributed by atoms with van der Waals surface area (Å²) in [4.78, 5) is 16.5. The van der Waals surface area contributed by atoms with Crippen LogP contribution in [0.15, 0.2) is 71.8 Å². The van der Waals surface area contributed by atoms with Gasteiger partial charge in [-0.3, -0.25) is 0 Å². The molecule has 0 bridgehead atoms. The molecule has 1 heterocycles. The summed E-state index contributed by atoms with van der Waals surface area (Å²) in [5.41, 5.74) is 3.25. The van der Waals surface area contributed by atoms with E-state index in [1.165, 1.54) is 12.3 Å². The topological polar surface area (TPSA) is 100 Å². The number of sulfone groups is 1. The molecule has 0 aliphatic heterocycles. The van der Waals surface area contributed by atoms with E-state index in [9.17, 15) is 13.2 Å². The molecule has 0 radical (unpaired) electrons. The number of anilines is 3. The van der Waals surface area contributed by atoms with Crippen molar-refractivity contribution in [3.63, 3.8) is 0 Å². The fraction of sp³-hybridized carbons (Fsp3) is 0.143. The minimum atomic E-state index is -3.39. The smallest absolute Gasteiger partial charge is 0.323 e. The molecular formula is C21H22N4O3S. The molecule has 0 aliphatic rings. The van der Waals surface area contributed by atoms with E-state index in [-0.39, 0.29) is 10.9 Å². The van der Waals surface area contributed by atoms with Crippen LogP contribution in [0.25, 0.3) is 0 Å². The zero-order chi connectivity index (χ0) is 20.9. The monoisotopic (exact) mass is 410 g/mol. The molecule has 0 aliphatic carbocycles. The number of amides is 2. The van der Waals surface area contributed by atoms with Crippen molar-refractivity contribution >= 4 is 33.1 Å². The molecule has 150 valence electrons. The van der Waals surface area contributed by atoms with Crippen molar-refractivity contribution in [3.8, 4) is 0 Å². The fourth-order valence-electron chi connectivity index (χ4n) is 2.78. The summed E-state index contributed by atoms with van der Waals surface area (Å²) in [6.07, 6.45) is 2.68. The largest absolute Gasteiger partial charge is 0.365 e. The summed E-state index contributed by atoms with van der Waals surface area (Å²) in [5, 5.41) is 8.63. The lowest BCUT2D eigenvalue weighted by Crippen LogP contribution is -2.19. The number of carbonyl (C=O) groups excluding carboxylic acids is 1. The van der Waals surface area contributed by atoms with Gasteiger partial charge in [-0.15, -0.1) is 0 Å². The third-order valence-electron chi connectivity index (χ3n) is 4.09. The van der Waals surface area contributed by atoms with Gasteiger partial charge in [-0.2, -0.15) is 0 Å². The molecule has 0 saturated heterocycles. The SMILES string of the molecule is Cc1cccc(NC(=O)Nc2cccc(CNc3ncccc3S(C)(=O)=O)c2)c1. The van der Waals surface area contributed by atoms with E-state index in [0.29, 0.717) is 23.7 Å². The number of pyridine rings is 1. The molecule has 0 fully saturated rings. The quantitative estimate of drug-likeness (QED) is 0.569. The second kappa shape index (κ2) is 8.74. The van der Waals surface area contributed by atoms with Crippen molar-refractivity contribution < 1.29 is 13.2 Å². The molecule has 3 rings (SSSR count). The molecule has 2 aromatic carbocycles. The van der Waals surface area contributed by atoms with Gasteiger partial charge < -0.3 is 16.0 Å². The molecule has 0 unspecified atom stereocenters. The maximum Gasteiger partial charge on any atom is 0.323 e. The zero-order valence-corrected chi connectivity index (χ0v) is 17.0. The molecule has 29 heavy (non-hydrogen) atoms. The average molecular weight is 410 g/mol. The maximum atomic E-state index is 12.2. The van der Waals surface area contributed by atoms with E-state index in [1.807, 2.05) is 49.4 Å². The molecule has 2 amide bonds. The number of nitrogens with one attached hydrogen (secondary N) is 3. The first-order valence-corrected chi connectivity index (χ1v) is 10.8. The van der Waals surface area contributed by atoms with Gasteiger partial charge in [-0.05, 0) is 54.4 Å². The van der Waals surface area contributed by atoms with Crippen molar-refractivity contribution in [1.29, 1.82) is 0 Å². The molecule has 7 nitrogen and oxygen atoms in total. The van der Waals surface area contributed by atoms with Crippen LogP contribution in [-0.4, -0.2) is 25.7 Å². The van der Waals surface area contributed by atoms with Gasteiger partial charge in [-0.25, -0.2) is 18.2 Å². The first kappa shape index (κ1) is 20.3. The van der Waals surface area contributed by atoms with Gasteiger partial charge in [0.1, 0.15) is 10.7 Å². The van der Waals surface area contributed by atoms with Gasteiger partial charge in [-0.1, -0.05) is 24.3 Å². The average Bonchev–Trinajstić information content (AvgIpc) is 2.66. The number of rotatable bonds is 6. The van der Waals surface area contributed by atoms with Crippen LogP contribution in [0.4, 0.5) is 22.0 Å². The number of aromatic nitrogens is 1. The molecule has 3 aromatic rings. The number of benzene rings is 2. The standard InChI is InChI=1S/C21H22N4O3S/c1-15-6-3-8-17(12-15)24-21(26)25-18-9-4-7-16(13-18)14-23-20-19(29(2,27)28)10-5-11-22-20/h3-13H,14H2,1-2H3,(H,22,23)(H2,24,25,26). The van der Waals surface area contributed by atoms with Gasteiger partial charge in [0, 0.05) is 30.4 Å². The second-order valence-corrected chi connectivity index (χ2v) is 8.61.